The highest BCUT2D eigenvalue weighted by Crippen LogP contribution is 2.27. The molecule has 0 aliphatic heterocycles. The lowest BCUT2D eigenvalue weighted by Crippen LogP contribution is -2.13. The van der Waals surface area contributed by atoms with Crippen molar-refractivity contribution in [2.45, 2.75) is 9.79 Å². The standard InChI is InChI=1S/C13H11Cl2NO4S2/c1-21(17,18)11-5-3-10(4-6-11)16-22(19,20)13-8-9(14)2-7-12(13)15/h2-8,16H,1H3. The van der Waals surface area contributed by atoms with E-state index in [-0.39, 0.29) is 25.5 Å². The molecule has 0 aromatic heterocycles. The first-order chi connectivity index (χ1) is 10.1. The Bertz CT molecular complexity index is 908. The maximum atomic E-state index is 12.3. The fraction of sp³-hybridized carbons (Fsp3) is 0.0769. The minimum Gasteiger partial charge on any atom is -0.280 e. The van der Waals surface area contributed by atoms with E-state index in [2.05, 4.69) is 4.72 Å². The number of nitrogens with one attached hydrogen (secondary N) is 1. The first-order valence-electron chi connectivity index (χ1n) is 5.87. The van der Waals surface area contributed by atoms with E-state index in [9.17, 15) is 16.8 Å². The smallest absolute Gasteiger partial charge is 0.263 e. The van der Waals surface area contributed by atoms with Gasteiger partial charge in [-0.15, -0.1) is 0 Å². The second-order valence-corrected chi connectivity index (χ2v) is 8.99. The first-order valence-corrected chi connectivity index (χ1v) is 10.0. The molecular formula is C13H11Cl2NO4S2. The van der Waals surface area contributed by atoms with Crippen molar-refractivity contribution < 1.29 is 16.8 Å². The maximum absolute atomic E-state index is 12.3. The van der Waals surface area contributed by atoms with Gasteiger partial charge in [0, 0.05) is 17.0 Å². The summed E-state index contributed by atoms with van der Waals surface area (Å²) >= 11 is 11.7. The van der Waals surface area contributed by atoms with E-state index >= 15 is 0 Å². The van der Waals surface area contributed by atoms with Crippen molar-refractivity contribution in [3.05, 3.63) is 52.5 Å². The lowest BCUT2D eigenvalue weighted by molar-refractivity contribution is 0.600. The van der Waals surface area contributed by atoms with Gasteiger partial charge in [0.15, 0.2) is 9.84 Å². The maximum Gasteiger partial charge on any atom is 0.263 e. The summed E-state index contributed by atoms with van der Waals surface area (Å²) in [5.41, 5.74) is 0.212. The van der Waals surface area contributed by atoms with Gasteiger partial charge in [-0.3, -0.25) is 4.72 Å². The molecule has 2 aromatic carbocycles. The van der Waals surface area contributed by atoms with E-state index in [1.165, 1.54) is 42.5 Å². The van der Waals surface area contributed by atoms with Gasteiger partial charge in [-0.2, -0.15) is 0 Å². The van der Waals surface area contributed by atoms with Crippen LogP contribution in [0.4, 0.5) is 5.69 Å². The highest BCUT2D eigenvalue weighted by Gasteiger charge is 2.19. The van der Waals surface area contributed by atoms with Crippen LogP contribution in [0.15, 0.2) is 52.3 Å². The monoisotopic (exact) mass is 379 g/mol. The number of halogens is 2. The van der Waals surface area contributed by atoms with Crippen molar-refractivity contribution in [2.24, 2.45) is 0 Å². The molecule has 2 aromatic rings. The van der Waals surface area contributed by atoms with Crippen molar-refractivity contribution in [1.29, 1.82) is 0 Å². The number of sulfone groups is 1. The van der Waals surface area contributed by atoms with Gasteiger partial charge in [0.05, 0.1) is 9.92 Å². The highest BCUT2D eigenvalue weighted by molar-refractivity contribution is 7.93. The number of sulfonamides is 1. The predicted molar refractivity (Wildman–Crippen MR) is 86.8 cm³/mol. The molecule has 0 unspecified atom stereocenters. The van der Waals surface area contributed by atoms with Crippen molar-refractivity contribution in [3.63, 3.8) is 0 Å². The number of rotatable bonds is 4. The molecule has 22 heavy (non-hydrogen) atoms. The SMILES string of the molecule is CS(=O)(=O)c1ccc(NS(=O)(=O)c2cc(Cl)ccc2Cl)cc1. The van der Waals surface area contributed by atoms with Crippen LogP contribution in [0.1, 0.15) is 0 Å². The number of hydrogen-bond acceptors (Lipinski definition) is 4. The zero-order chi connectivity index (χ0) is 16.5. The topological polar surface area (TPSA) is 80.3 Å². The van der Waals surface area contributed by atoms with E-state index in [0.29, 0.717) is 0 Å². The fourth-order valence-electron chi connectivity index (χ4n) is 1.66. The Labute approximate surface area is 138 Å². The van der Waals surface area contributed by atoms with E-state index in [4.69, 9.17) is 23.2 Å². The van der Waals surface area contributed by atoms with Gasteiger partial charge in [-0.1, -0.05) is 23.2 Å². The molecule has 2 rings (SSSR count). The van der Waals surface area contributed by atoms with Crippen LogP contribution in [0, 0.1) is 0 Å². The van der Waals surface area contributed by atoms with Crippen molar-refractivity contribution >= 4 is 48.7 Å². The van der Waals surface area contributed by atoms with Crippen LogP contribution in [0.5, 0.6) is 0 Å². The molecule has 0 heterocycles. The van der Waals surface area contributed by atoms with E-state index in [1.807, 2.05) is 0 Å². The molecule has 9 heteroatoms. The number of hydrogen-bond donors (Lipinski definition) is 1. The van der Waals surface area contributed by atoms with Gasteiger partial charge in [-0.05, 0) is 42.5 Å². The highest BCUT2D eigenvalue weighted by atomic mass is 35.5. The quantitative estimate of drug-likeness (QED) is 0.884. The molecule has 0 aliphatic rings. The van der Waals surface area contributed by atoms with Crippen molar-refractivity contribution in [3.8, 4) is 0 Å². The van der Waals surface area contributed by atoms with Crippen LogP contribution in [0.25, 0.3) is 0 Å². The summed E-state index contributed by atoms with van der Waals surface area (Å²) in [5.74, 6) is 0. The first kappa shape index (κ1) is 17.1. The molecule has 0 fully saturated rings. The van der Waals surface area contributed by atoms with Gasteiger partial charge in [0.2, 0.25) is 0 Å². The number of anilines is 1. The average molecular weight is 380 g/mol. The van der Waals surface area contributed by atoms with Crippen LogP contribution in [-0.4, -0.2) is 23.1 Å². The van der Waals surface area contributed by atoms with Gasteiger partial charge in [0.1, 0.15) is 4.90 Å². The van der Waals surface area contributed by atoms with Crippen LogP contribution >= 0.6 is 23.2 Å². The van der Waals surface area contributed by atoms with Gasteiger partial charge in [0.25, 0.3) is 10.0 Å². The Morgan fingerprint density at radius 1 is 0.909 bits per heavy atom. The lowest BCUT2D eigenvalue weighted by Gasteiger charge is -2.10. The Hall–Kier alpha value is -1.28. The van der Waals surface area contributed by atoms with Gasteiger partial charge in [-0.25, -0.2) is 16.8 Å². The van der Waals surface area contributed by atoms with Gasteiger partial charge >= 0.3 is 0 Å². The molecule has 118 valence electrons. The Morgan fingerprint density at radius 3 is 2.05 bits per heavy atom. The summed E-state index contributed by atoms with van der Waals surface area (Å²) in [4.78, 5) is -0.0647. The molecular weight excluding hydrogens is 369 g/mol. The molecule has 0 amide bonds. The fourth-order valence-corrected chi connectivity index (χ4v) is 4.12. The molecule has 0 aliphatic carbocycles. The number of benzene rings is 2. The summed E-state index contributed by atoms with van der Waals surface area (Å²) in [7, 11) is -7.27. The molecule has 0 saturated carbocycles. The summed E-state index contributed by atoms with van der Waals surface area (Å²) < 4.78 is 49.6. The lowest BCUT2D eigenvalue weighted by atomic mass is 10.3. The minimum absolute atomic E-state index is 0.0321. The van der Waals surface area contributed by atoms with Gasteiger partial charge < -0.3 is 0 Å². The largest absolute Gasteiger partial charge is 0.280 e. The summed E-state index contributed by atoms with van der Waals surface area (Å²) in [5, 5.41) is 0.266. The molecule has 0 bridgehead atoms. The minimum atomic E-state index is -3.93. The van der Waals surface area contributed by atoms with Crippen molar-refractivity contribution in [2.75, 3.05) is 11.0 Å². The summed E-state index contributed by atoms with van der Waals surface area (Å²) in [6, 6.07) is 9.42. The molecule has 1 N–H and O–H groups in total. The zero-order valence-corrected chi connectivity index (χ0v) is 14.4. The average Bonchev–Trinajstić information content (AvgIpc) is 2.40. The predicted octanol–water partition coefficient (Wildman–Crippen LogP) is 3.20. The molecule has 0 atom stereocenters. The molecule has 0 spiro atoms. The third-order valence-electron chi connectivity index (χ3n) is 2.72. The van der Waals surface area contributed by atoms with Crippen LogP contribution in [0.3, 0.4) is 0 Å². The summed E-state index contributed by atoms with van der Waals surface area (Å²) in [6.07, 6.45) is 1.07. The van der Waals surface area contributed by atoms with Crippen LogP contribution in [0.2, 0.25) is 10.0 Å². The second-order valence-electron chi connectivity index (χ2n) is 4.48. The Morgan fingerprint density at radius 2 is 1.50 bits per heavy atom. The third kappa shape index (κ3) is 3.92. The zero-order valence-electron chi connectivity index (χ0n) is 11.2. The van der Waals surface area contributed by atoms with E-state index < -0.39 is 19.9 Å². The van der Waals surface area contributed by atoms with Crippen molar-refractivity contribution in [1.82, 2.24) is 0 Å². The molecule has 0 radical (unpaired) electrons. The van der Waals surface area contributed by atoms with Crippen LogP contribution in [-0.2, 0) is 19.9 Å². The van der Waals surface area contributed by atoms with E-state index in [0.717, 1.165) is 6.26 Å². The Balaban J connectivity index is 2.35. The van der Waals surface area contributed by atoms with E-state index in [1.54, 1.807) is 0 Å². The second kappa shape index (κ2) is 6.08. The normalized spacial score (nSPS) is 12.1. The molecule has 0 saturated heterocycles. The third-order valence-corrected chi connectivity index (χ3v) is 5.94. The molecule has 5 nitrogen and oxygen atoms in total. The summed E-state index contributed by atoms with van der Waals surface area (Å²) in [6.45, 7) is 0. The van der Waals surface area contributed by atoms with Crippen LogP contribution < -0.4 is 4.72 Å². The Kier molecular flexibility index (Phi) is 4.72.